The van der Waals surface area contributed by atoms with Gasteiger partial charge in [-0.3, -0.25) is 4.79 Å². The van der Waals surface area contributed by atoms with Crippen molar-refractivity contribution in [3.63, 3.8) is 0 Å². The molecule has 9 heteroatoms. The van der Waals surface area contributed by atoms with E-state index in [1.165, 1.54) is 11.3 Å². The Morgan fingerprint density at radius 2 is 1.90 bits per heavy atom. The fraction of sp³-hybridized carbons (Fsp3) is 0.200. The summed E-state index contributed by atoms with van der Waals surface area (Å²) in [5, 5.41) is 13.4. The van der Waals surface area contributed by atoms with Gasteiger partial charge in [-0.25, -0.2) is 15.0 Å². The minimum atomic E-state index is -0.210. The van der Waals surface area contributed by atoms with E-state index in [4.69, 9.17) is 0 Å². The highest BCUT2D eigenvalue weighted by Gasteiger charge is 2.16. The number of carbonyl (C=O) groups excluding carboxylic acids is 1. The third-order valence-corrected chi connectivity index (χ3v) is 6.57. The van der Waals surface area contributed by atoms with Gasteiger partial charge in [0.05, 0.1) is 27.7 Å². The Kier molecular flexibility index (Phi) is 5.41. The number of phenols is 1. The quantitative estimate of drug-likeness (QED) is 0.468. The van der Waals surface area contributed by atoms with Crippen molar-refractivity contribution in [3.05, 3.63) is 47.6 Å². The molecule has 1 aromatic carbocycles. The van der Waals surface area contributed by atoms with Crippen molar-refractivity contribution < 1.29 is 9.90 Å². The van der Waals surface area contributed by atoms with Gasteiger partial charge in [-0.05, 0) is 32.0 Å². The third-order valence-electron chi connectivity index (χ3n) is 4.35. The van der Waals surface area contributed by atoms with Crippen LogP contribution in [0.15, 0.2) is 42.7 Å². The molecule has 2 N–H and O–H groups in total. The van der Waals surface area contributed by atoms with E-state index in [-0.39, 0.29) is 11.7 Å². The van der Waals surface area contributed by atoms with Gasteiger partial charge in [-0.1, -0.05) is 23.5 Å². The number of aromatic hydroxyl groups is 1. The van der Waals surface area contributed by atoms with Gasteiger partial charge in [-0.2, -0.15) is 0 Å². The molecule has 3 heterocycles. The van der Waals surface area contributed by atoms with Crippen LogP contribution in [0.2, 0.25) is 0 Å². The second-order valence-electron chi connectivity index (χ2n) is 6.25. The lowest BCUT2D eigenvalue weighted by Gasteiger charge is -2.16. The van der Waals surface area contributed by atoms with Crippen LogP contribution in [-0.4, -0.2) is 39.1 Å². The summed E-state index contributed by atoms with van der Waals surface area (Å²) < 4.78 is 1.01. The van der Waals surface area contributed by atoms with Crippen LogP contribution in [0.4, 0.5) is 10.8 Å². The van der Waals surface area contributed by atoms with Gasteiger partial charge < -0.3 is 15.3 Å². The molecule has 1 amide bonds. The van der Waals surface area contributed by atoms with E-state index in [9.17, 15) is 9.90 Å². The van der Waals surface area contributed by atoms with Crippen LogP contribution in [0.25, 0.3) is 20.9 Å². The molecular weight excluding hydrogens is 406 g/mol. The van der Waals surface area contributed by atoms with Crippen LogP contribution in [-0.2, 0) is 0 Å². The number of phenolic OH excluding ortho intramolecular Hbond substituents is 1. The molecular formula is C20H19N5O2S2. The highest BCUT2D eigenvalue weighted by atomic mass is 32.1. The van der Waals surface area contributed by atoms with Crippen molar-refractivity contribution in [1.82, 2.24) is 15.0 Å². The minimum absolute atomic E-state index is 0.152. The molecule has 0 aliphatic rings. The summed E-state index contributed by atoms with van der Waals surface area (Å²) in [6.45, 7) is 6.02. The molecule has 0 radical (unpaired) electrons. The monoisotopic (exact) mass is 425 g/mol. The van der Waals surface area contributed by atoms with Gasteiger partial charge in [0.25, 0.3) is 5.91 Å². The lowest BCUT2D eigenvalue weighted by atomic mass is 10.2. The standard InChI is InChI=1S/C20H19N5O2S2/c1-3-25(4-2)20-24-19-16(29-20)9-15(28-19)18(27)23-13-10-21-17(22-11-13)12-6-5-7-14(26)8-12/h5-11,26H,3-4H2,1-2H3,(H,23,27). The van der Waals surface area contributed by atoms with Crippen molar-refractivity contribution in [2.45, 2.75) is 13.8 Å². The molecule has 0 spiro atoms. The van der Waals surface area contributed by atoms with Crippen molar-refractivity contribution in [2.24, 2.45) is 0 Å². The van der Waals surface area contributed by atoms with Crippen molar-refractivity contribution in [3.8, 4) is 17.1 Å². The van der Waals surface area contributed by atoms with E-state index in [0.29, 0.717) is 22.0 Å². The topological polar surface area (TPSA) is 91.2 Å². The van der Waals surface area contributed by atoms with E-state index in [2.05, 4.69) is 39.0 Å². The zero-order chi connectivity index (χ0) is 20.4. The Morgan fingerprint density at radius 3 is 2.55 bits per heavy atom. The number of benzene rings is 1. The first-order valence-electron chi connectivity index (χ1n) is 9.15. The van der Waals surface area contributed by atoms with Gasteiger partial charge in [0, 0.05) is 18.7 Å². The van der Waals surface area contributed by atoms with Crippen LogP contribution < -0.4 is 10.2 Å². The van der Waals surface area contributed by atoms with Crippen molar-refractivity contribution >= 4 is 48.9 Å². The number of amides is 1. The van der Waals surface area contributed by atoms with Crippen LogP contribution in [0.1, 0.15) is 23.5 Å². The van der Waals surface area contributed by atoms with E-state index in [1.807, 2.05) is 12.1 Å². The van der Waals surface area contributed by atoms with E-state index in [1.54, 1.807) is 41.9 Å². The number of nitrogens with zero attached hydrogens (tertiary/aromatic N) is 4. The van der Waals surface area contributed by atoms with E-state index < -0.39 is 0 Å². The molecule has 0 aliphatic heterocycles. The number of nitrogens with one attached hydrogen (secondary N) is 1. The first-order valence-corrected chi connectivity index (χ1v) is 10.8. The number of carbonyl (C=O) groups is 1. The average molecular weight is 426 g/mol. The van der Waals surface area contributed by atoms with Gasteiger partial charge in [0.1, 0.15) is 10.6 Å². The second-order valence-corrected chi connectivity index (χ2v) is 8.29. The highest BCUT2D eigenvalue weighted by Crippen LogP contribution is 2.34. The molecule has 0 atom stereocenters. The molecule has 0 saturated heterocycles. The summed E-state index contributed by atoms with van der Waals surface area (Å²) in [6, 6.07) is 8.59. The molecule has 3 aromatic heterocycles. The number of anilines is 2. The molecule has 0 bridgehead atoms. The van der Waals surface area contributed by atoms with E-state index in [0.717, 1.165) is 27.8 Å². The zero-order valence-corrected chi connectivity index (χ0v) is 17.5. The minimum Gasteiger partial charge on any atom is -0.508 e. The highest BCUT2D eigenvalue weighted by molar-refractivity contribution is 7.29. The molecule has 29 heavy (non-hydrogen) atoms. The molecule has 4 rings (SSSR count). The summed E-state index contributed by atoms with van der Waals surface area (Å²) in [6.07, 6.45) is 3.11. The lowest BCUT2D eigenvalue weighted by Crippen LogP contribution is -2.21. The molecule has 0 aliphatic carbocycles. The summed E-state index contributed by atoms with van der Waals surface area (Å²) in [4.78, 5) is 29.5. The average Bonchev–Trinajstić information content (AvgIpc) is 3.29. The van der Waals surface area contributed by atoms with E-state index >= 15 is 0 Å². The number of hydrogen-bond donors (Lipinski definition) is 2. The summed E-state index contributed by atoms with van der Waals surface area (Å²) in [7, 11) is 0. The predicted octanol–water partition coefficient (Wildman–Crippen LogP) is 4.62. The summed E-state index contributed by atoms with van der Waals surface area (Å²) in [5.74, 6) is 0.417. The van der Waals surface area contributed by atoms with Gasteiger partial charge in [0.2, 0.25) is 0 Å². The summed E-state index contributed by atoms with van der Waals surface area (Å²) in [5.41, 5.74) is 1.21. The molecule has 0 unspecified atom stereocenters. The first kappa shape index (κ1) is 19.3. The van der Waals surface area contributed by atoms with Crippen LogP contribution in [0.3, 0.4) is 0 Å². The number of rotatable bonds is 6. The number of thiophene rings is 1. The van der Waals surface area contributed by atoms with Gasteiger partial charge in [-0.15, -0.1) is 11.3 Å². The molecule has 4 aromatic rings. The molecule has 148 valence electrons. The number of hydrogen-bond acceptors (Lipinski definition) is 8. The Bertz CT molecular complexity index is 1120. The smallest absolute Gasteiger partial charge is 0.265 e. The fourth-order valence-corrected chi connectivity index (χ4v) is 5.08. The van der Waals surface area contributed by atoms with Crippen LogP contribution in [0.5, 0.6) is 5.75 Å². The summed E-state index contributed by atoms with van der Waals surface area (Å²) >= 11 is 2.98. The maximum absolute atomic E-state index is 12.6. The normalized spacial score (nSPS) is 11.0. The second kappa shape index (κ2) is 8.14. The van der Waals surface area contributed by atoms with Crippen molar-refractivity contribution in [2.75, 3.05) is 23.3 Å². The van der Waals surface area contributed by atoms with Crippen LogP contribution in [0, 0.1) is 0 Å². The largest absolute Gasteiger partial charge is 0.508 e. The van der Waals surface area contributed by atoms with Crippen LogP contribution >= 0.6 is 22.7 Å². The maximum Gasteiger partial charge on any atom is 0.265 e. The Labute approximate surface area is 175 Å². The molecule has 7 nitrogen and oxygen atoms in total. The van der Waals surface area contributed by atoms with Gasteiger partial charge >= 0.3 is 0 Å². The predicted molar refractivity (Wildman–Crippen MR) is 118 cm³/mol. The Balaban J connectivity index is 1.48. The number of thiazole rings is 1. The Morgan fingerprint density at radius 1 is 1.14 bits per heavy atom. The zero-order valence-electron chi connectivity index (χ0n) is 15.9. The number of aromatic nitrogens is 3. The Hall–Kier alpha value is -3.04. The number of fused-ring (bicyclic) bond motifs is 1. The third kappa shape index (κ3) is 4.06. The first-order chi connectivity index (χ1) is 14.1. The SMILES string of the molecule is CCN(CC)c1nc2sc(C(=O)Nc3cnc(-c4cccc(O)c4)nc3)cc2s1. The molecule has 0 saturated carbocycles. The van der Waals surface area contributed by atoms with Crippen molar-refractivity contribution in [1.29, 1.82) is 0 Å². The molecule has 0 fully saturated rings. The van der Waals surface area contributed by atoms with Gasteiger partial charge in [0.15, 0.2) is 11.0 Å². The maximum atomic E-state index is 12.6. The lowest BCUT2D eigenvalue weighted by molar-refractivity contribution is 0.103. The fourth-order valence-electron chi connectivity index (χ4n) is 2.84.